The van der Waals surface area contributed by atoms with Crippen LogP contribution in [-0.4, -0.2) is 89.3 Å². The molecular formula is C36H45N7O6. The van der Waals surface area contributed by atoms with E-state index < -0.39 is 41.8 Å². The smallest absolute Gasteiger partial charge is 0.255 e. The van der Waals surface area contributed by atoms with E-state index in [1.54, 1.807) is 42.9 Å². The van der Waals surface area contributed by atoms with Crippen molar-refractivity contribution in [3.8, 4) is 5.75 Å². The van der Waals surface area contributed by atoms with E-state index in [4.69, 9.17) is 4.74 Å². The lowest BCUT2D eigenvalue weighted by Crippen LogP contribution is -2.52. The second-order valence-electron chi connectivity index (χ2n) is 12.5. The van der Waals surface area contributed by atoms with Crippen LogP contribution in [0.5, 0.6) is 5.75 Å². The molecule has 1 aromatic heterocycles. The van der Waals surface area contributed by atoms with E-state index in [-0.39, 0.29) is 62.1 Å². The SMILES string of the molecule is CC(C)C[C@H]1COc2ccccc2C(=O)N[C@H](C(=O)NCCc2cnccn2)CCC(=O)N[C@@H](Cc2ccccc2)C(=O)N(C)CC(=O)N1. The highest BCUT2D eigenvalue weighted by Gasteiger charge is 2.29. The van der Waals surface area contributed by atoms with Crippen LogP contribution in [0.1, 0.15) is 54.7 Å². The molecule has 49 heavy (non-hydrogen) atoms. The number of likely N-dealkylation sites (N-methyl/N-ethyl adjacent to an activating group) is 1. The number of nitrogens with zero attached hydrogens (tertiary/aromatic N) is 3. The van der Waals surface area contributed by atoms with E-state index in [1.807, 2.05) is 44.2 Å². The van der Waals surface area contributed by atoms with Crippen LogP contribution in [0.2, 0.25) is 0 Å². The maximum absolute atomic E-state index is 13.7. The van der Waals surface area contributed by atoms with E-state index in [0.29, 0.717) is 18.5 Å². The van der Waals surface area contributed by atoms with Crippen molar-refractivity contribution in [3.63, 3.8) is 0 Å². The number of rotatable bonds is 8. The molecule has 4 rings (SSSR count). The van der Waals surface area contributed by atoms with Gasteiger partial charge in [0.05, 0.1) is 23.8 Å². The lowest BCUT2D eigenvalue weighted by atomic mass is 10.0. The van der Waals surface area contributed by atoms with Crippen molar-refractivity contribution in [3.05, 3.63) is 90.0 Å². The first-order valence-corrected chi connectivity index (χ1v) is 16.5. The third-order valence-electron chi connectivity index (χ3n) is 7.94. The summed E-state index contributed by atoms with van der Waals surface area (Å²) in [5.41, 5.74) is 1.71. The maximum Gasteiger partial charge on any atom is 0.255 e. The van der Waals surface area contributed by atoms with Crippen LogP contribution >= 0.6 is 0 Å². The lowest BCUT2D eigenvalue weighted by molar-refractivity contribution is -0.138. The molecule has 2 aromatic carbocycles. The number of hydrogen-bond acceptors (Lipinski definition) is 8. The van der Waals surface area contributed by atoms with Crippen LogP contribution in [0.15, 0.2) is 73.2 Å². The minimum atomic E-state index is -1.08. The van der Waals surface area contributed by atoms with E-state index in [1.165, 1.54) is 11.9 Å². The summed E-state index contributed by atoms with van der Waals surface area (Å²) in [6.45, 7) is 4.11. The van der Waals surface area contributed by atoms with Gasteiger partial charge in [0.1, 0.15) is 24.4 Å². The molecule has 1 aliphatic rings. The molecule has 260 valence electrons. The molecule has 3 aromatic rings. The Morgan fingerprint density at radius 2 is 1.73 bits per heavy atom. The summed E-state index contributed by atoms with van der Waals surface area (Å²) in [5.74, 6) is -1.85. The van der Waals surface area contributed by atoms with Gasteiger partial charge >= 0.3 is 0 Å². The molecule has 4 N–H and O–H groups in total. The summed E-state index contributed by atoms with van der Waals surface area (Å²) in [6, 6.07) is 13.4. The number of hydrogen-bond donors (Lipinski definition) is 4. The van der Waals surface area contributed by atoms with Gasteiger partial charge in [0, 0.05) is 51.4 Å². The van der Waals surface area contributed by atoms with E-state index in [0.717, 1.165) is 5.56 Å². The molecular weight excluding hydrogens is 626 g/mol. The largest absolute Gasteiger partial charge is 0.491 e. The Kier molecular flexibility index (Phi) is 13.6. The van der Waals surface area contributed by atoms with Gasteiger partial charge in [-0.3, -0.25) is 33.9 Å². The van der Waals surface area contributed by atoms with Crippen molar-refractivity contribution >= 4 is 29.5 Å². The summed E-state index contributed by atoms with van der Waals surface area (Å²) in [6.07, 6.45) is 5.72. The van der Waals surface area contributed by atoms with Crippen LogP contribution in [0.4, 0.5) is 0 Å². The second kappa shape index (κ2) is 18.3. The van der Waals surface area contributed by atoms with Gasteiger partial charge < -0.3 is 30.9 Å². The Hall–Kier alpha value is -5.33. The maximum atomic E-state index is 13.7. The highest BCUT2D eigenvalue weighted by Crippen LogP contribution is 2.20. The van der Waals surface area contributed by atoms with Crippen molar-refractivity contribution in [1.82, 2.24) is 36.1 Å². The molecule has 13 heteroatoms. The third-order valence-corrected chi connectivity index (χ3v) is 7.94. The number of ether oxygens (including phenoxy) is 1. The van der Waals surface area contributed by atoms with E-state index in [9.17, 15) is 24.0 Å². The Balaban J connectivity index is 1.60. The summed E-state index contributed by atoms with van der Waals surface area (Å²) in [4.78, 5) is 76.8. The first-order chi connectivity index (χ1) is 23.6. The summed E-state index contributed by atoms with van der Waals surface area (Å²) in [7, 11) is 1.52. The van der Waals surface area contributed by atoms with Crippen molar-refractivity contribution < 1.29 is 28.7 Å². The van der Waals surface area contributed by atoms with Gasteiger partial charge in [0.2, 0.25) is 23.6 Å². The zero-order valence-corrected chi connectivity index (χ0v) is 28.2. The van der Waals surface area contributed by atoms with Gasteiger partial charge in [-0.1, -0.05) is 56.3 Å². The monoisotopic (exact) mass is 671 g/mol. The third kappa shape index (κ3) is 11.7. The fraction of sp³-hybridized carbons (Fsp3) is 0.417. The van der Waals surface area contributed by atoms with Gasteiger partial charge in [-0.2, -0.15) is 0 Å². The predicted octanol–water partition coefficient (Wildman–Crippen LogP) is 1.82. The van der Waals surface area contributed by atoms with Gasteiger partial charge in [0.15, 0.2) is 0 Å². The number of amides is 5. The number of para-hydroxylation sites is 1. The summed E-state index contributed by atoms with van der Waals surface area (Å²) >= 11 is 0. The molecule has 0 radical (unpaired) electrons. The highest BCUT2D eigenvalue weighted by atomic mass is 16.5. The van der Waals surface area contributed by atoms with Crippen molar-refractivity contribution in [2.75, 3.05) is 26.7 Å². The molecule has 0 saturated carbocycles. The van der Waals surface area contributed by atoms with E-state index >= 15 is 0 Å². The standard InChI is InChI=1S/C36H45N7O6/c1-24(2)19-27-23-49-31-12-8-7-11-28(31)34(46)42-29(35(47)39-16-15-26-21-37-17-18-38-26)13-14-32(44)41-30(20-25-9-5-4-6-10-25)36(48)43(3)22-33(45)40-27/h4-12,17-18,21,24,27,29-30H,13-16,19-20,22-23H2,1-3H3,(H,39,47)(H,40,45)(H,41,44)(H,42,46)/t27-,29-,30-/m0/s1. The number of fused-ring (bicyclic) bond motifs is 1. The second-order valence-corrected chi connectivity index (χ2v) is 12.5. The Labute approximate surface area is 286 Å². The normalized spacial score (nSPS) is 19.8. The zero-order valence-electron chi connectivity index (χ0n) is 28.2. The lowest BCUT2D eigenvalue weighted by Gasteiger charge is -2.27. The molecule has 1 aliphatic heterocycles. The average molecular weight is 672 g/mol. The fourth-order valence-corrected chi connectivity index (χ4v) is 5.53. The Morgan fingerprint density at radius 1 is 0.980 bits per heavy atom. The zero-order chi connectivity index (χ0) is 35.2. The molecule has 0 unspecified atom stereocenters. The molecule has 2 heterocycles. The number of carbonyl (C=O) groups excluding carboxylic acids is 5. The van der Waals surface area contributed by atoms with Crippen LogP contribution < -0.4 is 26.0 Å². The van der Waals surface area contributed by atoms with Crippen LogP contribution in [0.25, 0.3) is 0 Å². The van der Waals surface area contributed by atoms with Crippen molar-refractivity contribution in [1.29, 1.82) is 0 Å². The molecule has 0 aliphatic carbocycles. The first-order valence-electron chi connectivity index (χ1n) is 16.5. The highest BCUT2D eigenvalue weighted by molar-refractivity contribution is 6.00. The number of nitrogens with one attached hydrogen (secondary N) is 4. The summed E-state index contributed by atoms with van der Waals surface area (Å²) < 4.78 is 6.09. The number of benzene rings is 2. The minimum absolute atomic E-state index is 0.0431. The molecule has 13 nitrogen and oxygen atoms in total. The van der Waals surface area contributed by atoms with Gasteiger partial charge in [-0.05, 0) is 36.5 Å². The van der Waals surface area contributed by atoms with E-state index in [2.05, 4.69) is 31.2 Å². The predicted molar refractivity (Wildman–Crippen MR) is 182 cm³/mol. The van der Waals surface area contributed by atoms with Gasteiger partial charge in [0.25, 0.3) is 5.91 Å². The molecule has 0 bridgehead atoms. The van der Waals surface area contributed by atoms with Crippen molar-refractivity contribution in [2.45, 2.75) is 64.1 Å². The van der Waals surface area contributed by atoms with Gasteiger partial charge in [-0.15, -0.1) is 0 Å². The van der Waals surface area contributed by atoms with Crippen LogP contribution in [0.3, 0.4) is 0 Å². The molecule has 0 spiro atoms. The average Bonchev–Trinajstić information content (AvgIpc) is 3.08. The van der Waals surface area contributed by atoms with Crippen LogP contribution in [0, 0.1) is 5.92 Å². The first kappa shape index (κ1) is 36.5. The molecule has 3 atom stereocenters. The minimum Gasteiger partial charge on any atom is -0.491 e. The topological polar surface area (TPSA) is 172 Å². The summed E-state index contributed by atoms with van der Waals surface area (Å²) in [5, 5.41) is 11.4. The number of carbonyl (C=O) groups is 5. The molecule has 0 fully saturated rings. The van der Waals surface area contributed by atoms with Crippen LogP contribution in [-0.2, 0) is 32.0 Å². The Morgan fingerprint density at radius 3 is 2.47 bits per heavy atom. The van der Waals surface area contributed by atoms with Crippen molar-refractivity contribution in [2.24, 2.45) is 5.92 Å². The molecule has 0 saturated heterocycles. The molecule has 5 amide bonds. The quantitative estimate of drug-likeness (QED) is 0.281. The van der Waals surface area contributed by atoms with Gasteiger partial charge in [-0.25, -0.2) is 0 Å². The number of aromatic nitrogens is 2. The Bertz CT molecular complexity index is 1570. The fourth-order valence-electron chi connectivity index (χ4n) is 5.53.